The number of para-hydroxylation sites is 1. The third-order valence-corrected chi connectivity index (χ3v) is 6.55. The number of sulfonamides is 1. The molecule has 0 bridgehead atoms. The first kappa shape index (κ1) is 20.6. The smallest absolute Gasteiger partial charge is 0.242 e. The highest BCUT2D eigenvalue weighted by atomic mass is 35.5. The van der Waals surface area contributed by atoms with E-state index in [1.54, 1.807) is 13.1 Å². The van der Waals surface area contributed by atoms with Crippen molar-refractivity contribution in [3.63, 3.8) is 0 Å². The predicted molar refractivity (Wildman–Crippen MR) is 102 cm³/mol. The molecule has 0 aromatic heterocycles. The Morgan fingerprint density at radius 3 is 2.58 bits per heavy atom. The Balaban J connectivity index is 0.00000243. The third-order valence-electron chi connectivity index (χ3n) is 4.41. The van der Waals surface area contributed by atoms with E-state index < -0.39 is 26.9 Å². The van der Waals surface area contributed by atoms with Crippen LogP contribution in [0.4, 0.5) is 20.2 Å². The topological polar surface area (TPSA) is 49.4 Å². The highest BCUT2D eigenvalue weighted by molar-refractivity contribution is 7.93. The summed E-state index contributed by atoms with van der Waals surface area (Å²) in [4.78, 5) is 0. The predicted octanol–water partition coefficient (Wildman–Crippen LogP) is 3.78. The molecule has 0 aliphatic carbocycles. The maximum Gasteiger partial charge on any atom is 0.242 e. The molecule has 8 heteroatoms. The van der Waals surface area contributed by atoms with E-state index in [1.165, 1.54) is 36.4 Å². The van der Waals surface area contributed by atoms with Gasteiger partial charge in [-0.05, 0) is 68.8 Å². The molecule has 1 atom stereocenters. The van der Waals surface area contributed by atoms with E-state index >= 15 is 0 Å². The molecule has 0 saturated heterocycles. The van der Waals surface area contributed by atoms with Gasteiger partial charge in [-0.1, -0.05) is 12.1 Å². The Morgan fingerprint density at radius 1 is 1.15 bits per heavy atom. The lowest BCUT2D eigenvalue weighted by molar-refractivity contribution is 0.550. The molecule has 0 spiro atoms. The SMILES string of the molecule is CNCCCC1Cc2cc(F)ccc2N(c2ccccc2F)S1(=O)=O.Cl. The fourth-order valence-electron chi connectivity index (χ4n) is 3.19. The number of anilines is 2. The molecule has 26 heavy (non-hydrogen) atoms. The summed E-state index contributed by atoms with van der Waals surface area (Å²) in [5, 5.41) is 2.27. The highest BCUT2D eigenvalue weighted by Crippen LogP contribution is 2.41. The molecule has 4 nitrogen and oxygen atoms in total. The van der Waals surface area contributed by atoms with E-state index in [0.29, 0.717) is 30.6 Å². The summed E-state index contributed by atoms with van der Waals surface area (Å²) in [5.41, 5.74) is 0.859. The fraction of sp³-hybridized carbons (Fsp3) is 0.333. The first-order valence-electron chi connectivity index (χ1n) is 8.17. The van der Waals surface area contributed by atoms with E-state index in [4.69, 9.17) is 0 Å². The van der Waals surface area contributed by atoms with Crippen molar-refractivity contribution in [1.29, 1.82) is 0 Å². The summed E-state index contributed by atoms with van der Waals surface area (Å²) in [6.45, 7) is 0.682. The number of benzene rings is 2. The maximum atomic E-state index is 14.3. The molecule has 1 aliphatic heterocycles. The van der Waals surface area contributed by atoms with E-state index in [9.17, 15) is 17.2 Å². The average Bonchev–Trinajstić information content (AvgIpc) is 2.57. The van der Waals surface area contributed by atoms with Gasteiger partial charge in [0.2, 0.25) is 10.0 Å². The van der Waals surface area contributed by atoms with Gasteiger partial charge in [0.25, 0.3) is 0 Å². The van der Waals surface area contributed by atoms with Gasteiger partial charge >= 0.3 is 0 Å². The zero-order chi connectivity index (χ0) is 18.0. The van der Waals surface area contributed by atoms with Crippen LogP contribution in [-0.4, -0.2) is 27.3 Å². The van der Waals surface area contributed by atoms with Crippen LogP contribution in [0.2, 0.25) is 0 Å². The van der Waals surface area contributed by atoms with E-state index in [0.717, 1.165) is 4.31 Å². The van der Waals surface area contributed by atoms with Crippen LogP contribution in [0.3, 0.4) is 0 Å². The highest BCUT2D eigenvalue weighted by Gasteiger charge is 2.40. The molecule has 1 N–H and O–H groups in total. The Bertz CT molecular complexity index is 877. The number of nitrogens with zero attached hydrogens (tertiary/aromatic N) is 1. The number of fused-ring (bicyclic) bond motifs is 1. The van der Waals surface area contributed by atoms with Crippen molar-refractivity contribution in [2.24, 2.45) is 0 Å². The molecule has 0 radical (unpaired) electrons. The van der Waals surface area contributed by atoms with Crippen molar-refractivity contribution in [3.8, 4) is 0 Å². The monoisotopic (exact) mass is 402 g/mol. The minimum absolute atomic E-state index is 0. The molecule has 2 aromatic carbocycles. The van der Waals surface area contributed by atoms with E-state index in [1.807, 2.05) is 0 Å². The Labute approximate surface area is 158 Å². The van der Waals surface area contributed by atoms with Crippen LogP contribution in [-0.2, 0) is 16.4 Å². The lowest BCUT2D eigenvalue weighted by Gasteiger charge is -2.35. The van der Waals surface area contributed by atoms with Gasteiger partial charge in [0.15, 0.2) is 0 Å². The summed E-state index contributed by atoms with van der Waals surface area (Å²) in [6, 6.07) is 9.67. The van der Waals surface area contributed by atoms with Crippen molar-refractivity contribution in [1.82, 2.24) is 5.32 Å². The van der Waals surface area contributed by atoms with Crippen molar-refractivity contribution < 1.29 is 17.2 Å². The van der Waals surface area contributed by atoms with Crippen molar-refractivity contribution in [2.45, 2.75) is 24.5 Å². The normalized spacial score (nSPS) is 18.1. The van der Waals surface area contributed by atoms with Gasteiger partial charge in [0, 0.05) is 0 Å². The fourth-order valence-corrected chi connectivity index (χ4v) is 5.22. The van der Waals surface area contributed by atoms with Crippen LogP contribution >= 0.6 is 12.4 Å². The molecule has 2 aromatic rings. The van der Waals surface area contributed by atoms with Gasteiger partial charge in [-0.3, -0.25) is 0 Å². The average molecular weight is 403 g/mol. The first-order valence-corrected chi connectivity index (χ1v) is 9.67. The Morgan fingerprint density at radius 2 is 1.88 bits per heavy atom. The van der Waals surface area contributed by atoms with Gasteiger partial charge < -0.3 is 5.32 Å². The summed E-state index contributed by atoms with van der Waals surface area (Å²) >= 11 is 0. The zero-order valence-electron chi connectivity index (χ0n) is 14.3. The molecule has 1 heterocycles. The molecule has 1 aliphatic rings. The number of halogens is 3. The van der Waals surface area contributed by atoms with Gasteiger partial charge in [-0.25, -0.2) is 21.5 Å². The molecule has 0 fully saturated rings. The van der Waals surface area contributed by atoms with Gasteiger partial charge in [-0.15, -0.1) is 12.4 Å². The maximum absolute atomic E-state index is 14.3. The summed E-state index contributed by atoms with van der Waals surface area (Å²) in [6.07, 6.45) is 1.31. The van der Waals surface area contributed by atoms with Crippen LogP contribution in [0.5, 0.6) is 0 Å². The van der Waals surface area contributed by atoms with Crippen LogP contribution < -0.4 is 9.62 Å². The lowest BCUT2D eigenvalue weighted by atomic mass is 10.0. The Kier molecular flexibility index (Phi) is 6.60. The molecular formula is C18H21ClF2N2O2S. The Hall–Kier alpha value is -1.70. The zero-order valence-corrected chi connectivity index (χ0v) is 15.9. The standard InChI is InChI=1S/C18H20F2N2O2S.ClH/c1-21-10-4-5-15-12-13-11-14(19)8-9-17(13)22(25(15,23)24)18-7-3-2-6-16(18)20;/h2-3,6-9,11,15,21H,4-5,10,12H2,1H3;1H. The molecular weight excluding hydrogens is 382 g/mol. The molecule has 3 rings (SSSR count). The van der Waals surface area contributed by atoms with E-state index in [-0.39, 0.29) is 24.5 Å². The summed E-state index contributed by atoms with van der Waals surface area (Å²) in [7, 11) is -2.01. The molecule has 0 saturated carbocycles. The van der Waals surface area contributed by atoms with Gasteiger partial charge in [0.1, 0.15) is 11.6 Å². The second-order valence-corrected chi connectivity index (χ2v) is 8.17. The molecule has 1 unspecified atom stereocenters. The van der Waals surface area contributed by atoms with E-state index in [2.05, 4.69) is 5.32 Å². The van der Waals surface area contributed by atoms with Crippen LogP contribution in [0, 0.1) is 11.6 Å². The second-order valence-electron chi connectivity index (χ2n) is 6.11. The largest absolute Gasteiger partial charge is 0.320 e. The van der Waals surface area contributed by atoms with Crippen molar-refractivity contribution >= 4 is 33.8 Å². The first-order chi connectivity index (χ1) is 11.9. The lowest BCUT2D eigenvalue weighted by Crippen LogP contribution is -2.42. The van der Waals surface area contributed by atoms with Crippen molar-refractivity contribution in [2.75, 3.05) is 17.9 Å². The number of hydrogen-bond donors (Lipinski definition) is 1. The third kappa shape index (κ3) is 3.84. The molecule has 142 valence electrons. The minimum atomic E-state index is -3.80. The molecule has 0 amide bonds. The van der Waals surface area contributed by atoms with Crippen molar-refractivity contribution in [3.05, 3.63) is 59.7 Å². The number of rotatable bonds is 5. The van der Waals surface area contributed by atoms with Gasteiger partial charge in [0.05, 0.1) is 16.6 Å². The second kappa shape index (κ2) is 8.33. The number of nitrogens with one attached hydrogen (secondary N) is 1. The van der Waals surface area contributed by atoms with Crippen LogP contribution in [0.25, 0.3) is 0 Å². The van der Waals surface area contributed by atoms with Crippen LogP contribution in [0.1, 0.15) is 18.4 Å². The van der Waals surface area contributed by atoms with Gasteiger partial charge in [-0.2, -0.15) is 0 Å². The van der Waals surface area contributed by atoms with Crippen LogP contribution in [0.15, 0.2) is 42.5 Å². The number of hydrogen-bond acceptors (Lipinski definition) is 3. The quantitative estimate of drug-likeness (QED) is 0.774. The summed E-state index contributed by atoms with van der Waals surface area (Å²) < 4.78 is 55.3. The summed E-state index contributed by atoms with van der Waals surface area (Å²) in [5.74, 6) is -1.06. The minimum Gasteiger partial charge on any atom is -0.320 e.